The van der Waals surface area contributed by atoms with E-state index >= 15 is 0 Å². The van der Waals surface area contributed by atoms with Crippen molar-refractivity contribution in [1.82, 2.24) is 0 Å². The second kappa shape index (κ2) is 5.80. The minimum absolute atomic E-state index is 0. The predicted octanol–water partition coefficient (Wildman–Crippen LogP) is -5.15. The third-order valence-corrected chi connectivity index (χ3v) is 0. The van der Waals surface area contributed by atoms with Crippen LogP contribution in [0.2, 0.25) is 0 Å². The van der Waals surface area contributed by atoms with Crippen LogP contribution < -0.4 is 18.9 Å². The van der Waals surface area contributed by atoms with Gasteiger partial charge < -0.3 is 16.1 Å². The first-order valence-corrected chi connectivity index (χ1v) is 3.44. The normalized spacial score (nSPS) is 8.43. The predicted molar refractivity (Wildman–Crippen MR) is 33.4 cm³/mol. The van der Waals surface area contributed by atoms with E-state index in [-0.39, 0.29) is 37.9 Å². The molecule has 3 nitrogen and oxygen atoms in total. The van der Waals surface area contributed by atoms with Crippen LogP contribution in [0.3, 0.4) is 0 Å². The quantitative estimate of drug-likeness (QED) is 0.269. The van der Waals surface area contributed by atoms with Gasteiger partial charge in [-0.1, -0.05) is 0 Å². The van der Waals surface area contributed by atoms with Crippen LogP contribution in [0.4, 0.5) is 0 Å². The molecule has 0 bridgehead atoms. The molecule has 0 aliphatic rings. The van der Waals surface area contributed by atoms with Gasteiger partial charge in [0.1, 0.15) is 0 Å². The van der Waals surface area contributed by atoms with Crippen LogP contribution in [0.5, 0.6) is 0 Å². The van der Waals surface area contributed by atoms with Gasteiger partial charge in [-0.05, 0) is 11.8 Å². The molecule has 42 valence electrons. The van der Waals surface area contributed by atoms with Gasteiger partial charge in [0.15, 0.2) is 0 Å². The molecule has 0 amide bonds. The van der Waals surface area contributed by atoms with E-state index in [0.717, 1.165) is 0 Å². The molecule has 0 saturated heterocycles. The van der Waals surface area contributed by atoms with E-state index in [9.17, 15) is 0 Å². The zero-order valence-electron chi connectivity index (χ0n) is 4.20. The van der Waals surface area contributed by atoms with Crippen LogP contribution >= 0.6 is 6.72 Å². The smallest absolute Gasteiger partial charge is 1.00 e. The molecular formula is H8GeLiO3PS. The van der Waals surface area contributed by atoms with Crippen LogP contribution in [0.15, 0.2) is 0 Å². The maximum atomic E-state index is 7.56. The number of hydrogen-bond acceptors (Lipinski definition) is 1. The molecule has 0 radical (unpaired) electrons. The van der Waals surface area contributed by atoms with E-state index in [4.69, 9.17) is 14.7 Å². The average molecular weight is 199 g/mol. The Kier molecular flexibility index (Phi) is 13.1. The van der Waals surface area contributed by atoms with Gasteiger partial charge in [-0.15, -0.1) is 0 Å². The average Bonchev–Trinajstić information content (AvgIpc) is 0.722. The van der Waals surface area contributed by atoms with E-state index in [2.05, 4.69) is 11.8 Å². The van der Waals surface area contributed by atoms with Crippen LogP contribution in [0.1, 0.15) is 1.43 Å². The molecule has 3 N–H and O–H groups in total. The molecule has 0 fully saturated rings. The summed E-state index contributed by atoms with van der Waals surface area (Å²) in [6.07, 6.45) is 0. The van der Waals surface area contributed by atoms with Crippen LogP contribution in [-0.4, -0.2) is 32.3 Å². The van der Waals surface area contributed by atoms with Gasteiger partial charge in [0.2, 0.25) is 0 Å². The van der Waals surface area contributed by atoms with Gasteiger partial charge in [0, 0.05) is 0 Å². The molecule has 0 spiro atoms. The fraction of sp³-hybridized carbons (Fsp3) is 0. The molecule has 0 unspecified atom stereocenters. The summed E-state index contributed by atoms with van der Waals surface area (Å²) in [6.45, 7) is -3.81. The standard InChI is InChI=1S/GeH4.Li.H3O3PS.H/c;;1-4(2,3)5;/h1H4;;(H3,1,2,3,5);/q;+1;;-1. The molecule has 7 heteroatoms. The Balaban J connectivity index is -0.0000000267. The minimum Gasteiger partial charge on any atom is -1.00 e. The van der Waals surface area contributed by atoms with Gasteiger partial charge >= 0.3 is 43.2 Å². The van der Waals surface area contributed by atoms with Crippen LogP contribution in [0.25, 0.3) is 0 Å². The maximum Gasteiger partial charge on any atom is 1.00 e. The van der Waals surface area contributed by atoms with Crippen molar-refractivity contribution in [1.29, 1.82) is 0 Å². The van der Waals surface area contributed by atoms with Crippen molar-refractivity contribution in [3.05, 3.63) is 0 Å². The van der Waals surface area contributed by atoms with E-state index < -0.39 is 6.72 Å². The Labute approximate surface area is 71.0 Å². The summed E-state index contributed by atoms with van der Waals surface area (Å²) in [6, 6.07) is 0. The van der Waals surface area contributed by atoms with Crippen LogP contribution in [-0.2, 0) is 11.8 Å². The third kappa shape index (κ3) is 88.4. The van der Waals surface area contributed by atoms with Crippen molar-refractivity contribution in [3.8, 4) is 0 Å². The van der Waals surface area contributed by atoms with E-state index in [1.807, 2.05) is 0 Å². The molecule has 0 heterocycles. The van der Waals surface area contributed by atoms with Crippen molar-refractivity contribution in [2.75, 3.05) is 0 Å². The van der Waals surface area contributed by atoms with Crippen molar-refractivity contribution in [2.24, 2.45) is 0 Å². The maximum absolute atomic E-state index is 7.56. The molecule has 0 aliphatic carbocycles. The summed E-state index contributed by atoms with van der Waals surface area (Å²) < 4.78 is 0. The summed E-state index contributed by atoms with van der Waals surface area (Å²) in [5, 5.41) is 0. The summed E-state index contributed by atoms with van der Waals surface area (Å²) >= 11 is 3.60. The Morgan fingerprint density at radius 1 is 1.29 bits per heavy atom. The zero-order chi connectivity index (χ0) is 4.50. The molecule has 0 atom stereocenters. The number of hydrogen-bond donors (Lipinski definition) is 3. The SMILES string of the molecule is OP(O)(O)=S.[GeH4].[H-].[Li+]. The Hall–Kier alpha value is 1.67. The second-order valence-corrected chi connectivity index (χ2v) is 3.01. The van der Waals surface area contributed by atoms with Crippen molar-refractivity contribution >= 4 is 36.1 Å². The first kappa shape index (κ1) is 15.9. The van der Waals surface area contributed by atoms with Crippen molar-refractivity contribution in [2.45, 2.75) is 0 Å². The first-order valence-electron chi connectivity index (χ1n) is 0.783. The molecule has 7 heavy (non-hydrogen) atoms. The topological polar surface area (TPSA) is 60.7 Å². The summed E-state index contributed by atoms with van der Waals surface area (Å²) in [5.74, 6) is 0. The van der Waals surface area contributed by atoms with Gasteiger partial charge in [-0.2, -0.15) is 0 Å². The molecule has 0 aromatic carbocycles. The third-order valence-electron chi connectivity index (χ3n) is 0. The largest absolute Gasteiger partial charge is 1.00 e. The molecule has 0 aromatic heterocycles. The summed E-state index contributed by atoms with van der Waals surface area (Å²) in [7, 11) is 0. The second-order valence-electron chi connectivity index (χ2n) is 0.513. The monoisotopic (exact) mass is 200 g/mol. The minimum atomic E-state index is -3.81. The van der Waals surface area contributed by atoms with E-state index in [0.29, 0.717) is 0 Å². The zero-order valence-corrected chi connectivity index (χ0v) is 4.91. The molecular weight excluding hydrogens is 191 g/mol. The fourth-order valence-corrected chi connectivity index (χ4v) is 0. The first-order chi connectivity index (χ1) is 2.00. The van der Waals surface area contributed by atoms with Gasteiger partial charge in [-0.25, -0.2) is 0 Å². The van der Waals surface area contributed by atoms with Crippen LogP contribution in [0, 0.1) is 0 Å². The van der Waals surface area contributed by atoms with Crippen molar-refractivity contribution < 1.29 is 35.0 Å². The Morgan fingerprint density at radius 3 is 1.29 bits per heavy atom. The molecule has 0 aromatic rings. The van der Waals surface area contributed by atoms with E-state index in [1.54, 1.807) is 0 Å². The van der Waals surface area contributed by atoms with Crippen molar-refractivity contribution in [3.63, 3.8) is 0 Å². The molecule has 0 rings (SSSR count). The van der Waals surface area contributed by atoms with Gasteiger partial charge in [0.25, 0.3) is 0 Å². The Bertz CT molecular complexity index is 65.4. The van der Waals surface area contributed by atoms with E-state index in [1.165, 1.54) is 0 Å². The van der Waals surface area contributed by atoms with Gasteiger partial charge in [0.05, 0.1) is 0 Å². The summed E-state index contributed by atoms with van der Waals surface area (Å²) in [5.41, 5.74) is 0. The fourth-order valence-electron chi connectivity index (χ4n) is 0. The Morgan fingerprint density at radius 2 is 1.29 bits per heavy atom. The number of rotatable bonds is 0. The molecule has 0 aliphatic heterocycles. The summed E-state index contributed by atoms with van der Waals surface area (Å²) in [4.78, 5) is 22.7. The molecule has 0 saturated carbocycles. The van der Waals surface area contributed by atoms with Gasteiger partial charge in [-0.3, -0.25) is 0 Å².